The third-order valence-corrected chi connectivity index (χ3v) is 1.26. The lowest BCUT2D eigenvalue weighted by Crippen LogP contribution is -2.00. The highest BCUT2D eigenvalue weighted by atomic mass is 14.7. The van der Waals surface area contributed by atoms with Gasteiger partial charge in [0, 0.05) is 18.0 Å². The molecular weight excluding hydrogens is 112 g/mol. The highest BCUT2D eigenvalue weighted by Crippen LogP contribution is 2.12. The van der Waals surface area contributed by atoms with Crippen LogP contribution in [0, 0.1) is 17.2 Å². The third-order valence-electron chi connectivity index (χ3n) is 1.26. The molecule has 1 aliphatic rings. The first-order valence-electron chi connectivity index (χ1n) is 2.95. The molecule has 1 heterocycles. The Morgan fingerprint density at radius 1 is 1.89 bits per heavy atom. The van der Waals surface area contributed by atoms with Gasteiger partial charge >= 0.3 is 0 Å². The summed E-state index contributed by atoms with van der Waals surface area (Å²) in [5.41, 5.74) is 0.782. The summed E-state index contributed by atoms with van der Waals surface area (Å²) in [6.07, 6.45) is 4.33. The van der Waals surface area contributed by atoms with E-state index in [-0.39, 0.29) is 0 Å². The van der Waals surface area contributed by atoms with E-state index in [2.05, 4.69) is 11.1 Å². The van der Waals surface area contributed by atoms with Gasteiger partial charge in [-0.15, -0.1) is 0 Å². The Hall–Kier alpha value is -1.10. The summed E-state index contributed by atoms with van der Waals surface area (Å²) in [6.45, 7) is 2.05. The largest absolute Gasteiger partial charge is 0.268 e. The number of rotatable bonds is 0. The molecule has 0 aromatic carbocycles. The van der Waals surface area contributed by atoms with Crippen molar-refractivity contribution in [3.63, 3.8) is 0 Å². The number of nitriles is 1. The number of nitrogens with zero attached hydrogens (tertiary/aromatic N) is 2. The summed E-state index contributed by atoms with van der Waals surface area (Å²) in [6, 6.07) is 2.08. The van der Waals surface area contributed by atoms with E-state index in [1.54, 1.807) is 6.20 Å². The molecule has 9 heavy (non-hydrogen) atoms. The van der Waals surface area contributed by atoms with Gasteiger partial charge in [0.15, 0.2) is 0 Å². The molecule has 2 nitrogen and oxygen atoms in total. The summed E-state index contributed by atoms with van der Waals surface area (Å²) >= 11 is 0. The summed E-state index contributed by atoms with van der Waals surface area (Å²) in [5.74, 6) is 0.435. The first-order valence-corrected chi connectivity index (χ1v) is 2.95. The first-order chi connectivity index (χ1) is 4.33. The van der Waals surface area contributed by atoms with Crippen molar-refractivity contribution in [2.75, 3.05) is 0 Å². The number of allylic oxidation sites excluding steroid dienone is 1. The molecular formula is C7H8N2. The minimum atomic E-state index is 0.435. The Kier molecular flexibility index (Phi) is 1.64. The molecule has 1 aliphatic heterocycles. The van der Waals surface area contributed by atoms with Gasteiger partial charge in [-0.1, -0.05) is 6.92 Å². The Bertz CT molecular complexity index is 195. The van der Waals surface area contributed by atoms with Gasteiger partial charge in [-0.05, 0) is 12.3 Å². The van der Waals surface area contributed by atoms with Crippen LogP contribution in [0.1, 0.15) is 13.3 Å². The van der Waals surface area contributed by atoms with Crippen molar-refractivity contribution in [1.82, 2.24) is 0 Å². The molecule has 0 saturated heterocycles. The van der Waals surface area contributed by atoms with Crippen LogP contribution in [0.5, 0.6) is 0 Å². The SMILES string of the molecule is CC1C=NC=C(C#N)C1. The maximum atomic E-state index is 8.42. The van der Waals surface area contributed by atoms with Gasteiger partial charge in [-0.2, -0.15) is 5.26 Å². The van der Waals surface area contributed by atoms with Crippen molar-refractivity contribution in [3.8, 4) is 6.07 Å². The molecule has 2 heteroatoms. The van der Waals surface area contributed by atoms with E-state index in [9.17, 15) is 0 Å². The molecule has 0 N–H and O–H groups in total. The van der Waals surface area contributed by atoms with E-state index < -0.39 is 0 Å². The molecule has 0 fully saturated rings. The van der Waals surface area contributed by atoms with E-state index in [4.69, 9.17) is 5.26 Å². The molecule has 0 aromatic heterocycles. The molecule has 0 saturated carbocycles. The van der Waals surface area contributed by atoms with E-state index in [0.717, 1.165) is 12.0 Å². The molecule has 0 aromatic rings. The van der Waals surface area contributed by atoms with Gasteiger partial charge in [0.25, 0.3) is 0 Å². The van der Waals surface area contributed by atoms with Crippen LogP contribution in [0.4, 0.5) is 0 Å². The van der Waals surface area contributed by atoms with Gasteiger partial charge in [-0.25, -0.2) is 0 Å². The molecule has 0 radical (unpaired) electrons. The third kappa shape index (κ3) is 1.39. The maximum absolute atomic E-state index is 8.42. The predicted molar refractivity (Wildman–Crippen MR) is 36.0 cm³/mol. The molecule has 0 bridgehead atoms. The van der Waals surface area contributed by atoms with E-state index in [1.165, 1.54) is 0 Å². The minimum Gasteiger partial charge on any atom is -0.268 e. The molecule has 0 amide bonds. The van der Waals surface area contributed by atoms with E-state index >= 15 is 0 Å². The van der Waals surface area contributed by atoms with Gasteiger partial charge in [0.05, 0.1) is 6.07 Å². The Morgan fingerprint density at radius 2 is 2.67 bits per heavy atom. The van der Waals surface area contributed by atoms with Crippen LogP contribution < -0.4 is 0 Å². The van der Waals surface area contributed by atoms with Crippen molar-refractivity contribution in [1.29, 1.82) is 5.26 Å². The molecule has 1 rings (SSSR count). The van der Waals surface area contributed by atoms with Crippen molar-refractivity contribution in [2.45, 2.75) is 13.3 Å². The topological polar surface area (TPSA) is 36.1 Å². The Morgan fingerprint density at radius 3 is 3.11 bits per heavy atom. The monoisotopic (exact) mass is 120 g/mol. The van der Waals surface area contributed by atoms with Crippen molar-refractivity contribution in [3.05, 3.63) is 11.8 Å². The average Bonchev–Trinajstić information content (AvgIpc) is 1.88. The van der Waals surface area contributed by atoms with Crippen LogP contribution >= 0.6 is 0 Å². The number of hydrogen-bond acceptors (Lipinski definition) is 2. The van der Waals surface area contributed by atoms with Crippen LogP contribution in [0.15, 0.2) is 16.8 Å². The fourth-order valence-corrected chi connectivity index (χ4v) is 0.807. The molecule has 1 unspecified atom stereocenters. The zero-order valence-corrected chi connectivity index (χ0v) is 5.33. The fourth-order valence-electron chi connectivity index (χ4n) is 0.807. The lowest BCUT2D eigenvalue weighted by atomic mass is 10.0. The van der Waals surface area contributed by atoms with Crippen LogP contribution in [-0.2, 0) is 0 Å². The molecule has 0 spiro atoms. The normalized spacial score (nSPS) is 24.9. The maximum Gasteiger partial charge on any atom is 0.0963 e. The zero-order chi connectivity index (χ0) is 6.69. The second kappa shape index (κ2) is 2.45. The average molecular weight is 120 g/mol. The quantitative estimate of drug-likeness (QED) is 0.477. The summed E-state index contributed by atoms with van der Waals surface area (Å²) in [5, 5.41) is 8.42. The molecule has 0 aliphatic carbocycles. The van der Waals surface area contributed by atoms with Crippen LogP contribution in [-0.4, -0.2) is 6.21 Å². The summed E-state index contributed by atoms with van der Waals surface area (Å²) < 4.78 is 0. The van der Waals surface area contributed by atoms with Crippen molar-refractivity contribution >= 4 is 6.21 Å². The minimum absolute atomic E-state index is 0.435. The van der Waals surface area contributed by atoms with Gasteiger partial charge in [0.2, 0.25) is 0 Å². The second-order valence-electron chi connectivity index (χ2n) is 2.25. The van der Waals surface area contributed by atoms with Crippen LogP contribution in [0.25, 0.3) is 0 Å². The standard InChI is InChI=1S/C7H8N2/c1-6-2-7(3-8)5-9-4-6/h4-6H,2H2,1H3. The fraction of sp³-hybridized carbons (Fsp3) is 0.429. The van der Waals surface area contributed by atoms with E-state index in [0.29, 0.717) is 5.92 Å². The van der Waals surface area contributed by atoms with Crippen molar-refractivity contribution < 1.29 is 0 Å². The molecule has 46 valence electrons. The highest BCUT2D eigenvalue weighted by molar-refractivity contribution is 5.63. The summed E-state index contributed by atoms with van der Waals surface area (Å²) in [4.78, 5) is 3.90. The number of hydrogen-bond donors (Lipinski definition) is 0. The van der Waals surface area contributed by atoms with Crippen molar-refractivity contribution in [2.24, 2.45) is 10.9 Å². The second-order valence-corrected chi connectivity index (χ2v) is 2.25. The van der Waals surface area contributed by atoms with Crippen LogP contribution in [0.2, 0.25) is 0 Å². The highest BCUT2D eigenvalue weighted by Gasteiger charge is 2.05. The predicted octanol–water partition coefficient (Wildman–Crippen LogP) is 1.50. The van der Waals surface area contributed by atoms with Gasteiger partial charge in [-0.3, -0.25) is 4.99 Å². The Balaban J connectivity index is 2.69. The van der Waals surface area contributed by atoms with Gasteiger partial charge < -0.3 is 0 Å². The van der Waals surface area contributed by atoms with Gasteiger partial charge in [0.1, 0.15) is 0 Å². The lowest BCUT2D eigenvalue weighted by Gasteiger charge is -2.05. The molecule has 1 atom stereocenters. The number of aliphatic imine (C=N–C) groups is 1. The van der Waals surface area contributed by atoms with Crippen LogP contribution in [0.3, 0.4) is 0 Å². The smallest absolute Gasteiger partial charge is 0.0963 e. The lowest BCUT2D eigenvalue weighted by molar-refractivity contribution is 0.775. The first kappa shape index (κ1) is 6.03. The van der Waals surface area contributed by atoms with E-state index in [1.807, 2.05) is 13.1 Å². The Labute approximate surface area is 54.5 Å². The zero-order valence-electron chi connectivity index (χ0n) is 5.33. The summed E-state index contributed by atoms with van der Waals surface area (Å²) in [7, 11) is 0.